The van der Waals surface area contributed by atoms with Gasteiger partial charge in [0.15, 0.2) is 5.13 Å². The first-order valence-electron chi connectivity index (χ1n) is 9.50. The maximum Gasteiger partial charge on any atom is 0.270 e. The third kappa shape index (κ3) is 3.07. The van der Waals surface area contributed by atoms with Crippen LogP contribution in [0.15, 0.2) is 24.3 Å². The number of nitrogens with one attached hydrogen (secondary N) is 2. The molecule has 146 valence electrons. The summed E-state index contributed by atoms with van der Waals surface area (Å²) in [6.45, 7) is 1.35. The fourth-order valence-corrected chi connectivity index (χ4v) is 5.27. The van der Waals surface area contributed by atoms with E-state index in [0.717, 1.165) is 52.3 Å². The lowest BCUT2D eigenvalue weighted by Gasteiger charge is -2.40. The molecule has 6 nitrogen and oxygen atoms in total. The van der Waals surface area contributed by atoms with E-state index >= 15 is 0 Å². The number of aromatic amines is 1. The Kier molecular flexibility index (Phi) is 4.34. The van der Waals surface area contributed by atoms with Crippen molar-refractivity contribution >= 4 is 44.9 Å². The third-order valence-corrected chi connectivity index (χ3v) is 7.05. The Balaban J connectivity index is 1.34. The van der Waals surface area contributed by atoms with E-state index in [1.54, 1.807) is 11.3 Å². The summed E-state index contributed by atoms with van der Waals surface area (Å²) in [5.74, 6) is -0.00768. The molecule has 0 radical (unpaired) electrons. The van der Waals surface area contributed by atoms with Crippen LogP contribution in [0.5, 0.6) is 0 Å². The molecule has 0 unspecified atom stereocenters. The summed E-state index contributed by atoms with van der Waals surface area (Å²) in [6, 6.07) is 7.45. The number of aliphatic hydroxyl groups is 1. The maximum atomic E-state index is 13.0. The van der Waals surface area contributed by atoms with Gasteiger partial charge in [0.25, 0.3) is 5.91 Å². The van der Waals surface area contributed by atoms with E-state index < -0.39 is 0 Å². The first-order chi connectivity index (χ1) is 13.5. The zero-order chi connectivity index (χ0) is 19.3. The molecule has 8 heteroatoms. The van der Waals surface area contributed by atoms with Crippen LogP contribution >= 0.6 is 22.9 Å². The van der Waals surface area contributed by atoms with Gasteiger partial charge in [-0.2, -0.15) is 0 Å². The Morgan fingerprint density at radius 2 is 2.25 bits per heavy atom. The number of rotatable bonds is 4. The standard InChI is InChI=1S/C20H21ClN4O2S/c21-13-3-2-12-8-16(22-15(12)9-13)18(27)25-7-4-14-17(10-25)28-19(23-14)24-20(11-26)5-1-6-20/h2-3,8-9,22,26H,1,4-7,10-11H2,(H,23,24). The Labute approximate surface area is 171 Å². The molecule has 5 rings (SSSR count). The average Bonchev–Trinajstić information content (AvgIpc) is 3.26. The minimum absolute atomic E-state index is 0.00768. The Bertz CT molecular complexity index is 1050. The number of carbonyl (C=O) groups is 1. The number of thiazole rings is 1. The molecule has 1 aromatic carbocycles. The van der Waals surface area contributed by atoms with Gasteiger partial charge < -0.3 is 20.3 Å². The highest BCUT2D eigenvalue weighted by Crippen LogP contribution is 2.37. The SMILES string of the molecule is O=C(c1cc2ccc(Cl)cc2[nH]1)N1CCc2nc(NC3(CO)CCC3)sc2C1. The van der Waals surface area contributed by atoms with Crippen LogP contribution in [0.1, 0.15) is 40.3 Å². The van der Waals surface area contributed by atoms with Crippen LogP contribution in [-0.4, -0.2) is 44.6 Å². The Morgan fingerprint density at radius 3 is 3.00 bits per heavy atom. The van der Waals surface area contributed by atoms with Crippen molar-refractivity contribution in [3.8, 4) is 0 Å². The van der Waals surface area contributed by atoms with Gasteiger partial charge in [0.1, 0.15) is 5.69 Å². The molecule has 3 aromatic rings. The van der Waals surface area contributed by atoms with E-state index in [1.165, 1.54) is 0 Å². The number of hydrogen-bond acceptors (Lipinski definition) is 5. The topological polar surface area (TPSA) is 81.2 Å². The van der Waals surface area contributed by atoms with E-state index in [9.17, 15) is 9.90 Å². The zero-order valence-electron chi connectivity index (χ0n) is 15.3. The van der Waals surface area contributed by atoms with Crippen molar-refractivity contribution in [2.24, 2.45) is 0 Å². The summed E-state index contributed by atoms with van der Waals surface area (Å²) in [4.78, 5) is 23.9. The molecule has 0 saturated heterocycles. The van der Waals surface area contributed by atoms with Crippen molar-refractivity contribution in [3.63, 3.8) is 0 Å². The van der Waals surface area contributed by atoms with Crippen LogP contribution in [0.2, 0.25) is 5.02 Å². The van der Waals surface area contributed by atoms with Crippen molar-refractivity contribution in [2.45, 2.75) is 37.8 Å². The van der Waals surface area contributed by atoms with Gasteiger partial charge in [-0.25, -0.2) is 4.98 Å². The number of anilines is 1. The highest BCUT2D eigenvalue weighted by molar-refractivity contribution is 7.15. The molecule has 28 heavy (non-hydrogen) atoms. The van der Waals surface area contributed by atoms with E-state index in [-0.39, 0.29) is 18.1 Å². The molecule has 1 amide bonds. The lowest BCUT2D eigenvalue weighted by molar-refractivity contribution is 0.0731. The fraction of sp³-hybridized carbons (Fsp3) is 0.400. The van der Waals surface area contributed by atoms with Gasteiger partial charge in [0.2, 0.25) is 0 Å². The zero-order valence-corrected chi connectivity index (χ0v) is 16.9. The molecule has 3 heterocycles. The monoisotopic (exact) mass is 416 g/mol. The summed E-state index contributed by atoms with van der Waals surface area (Å²) < 4.78 is 0. The van der Waals surface area contributed by atoms with E-state index in [4.69, 9.17) is 16.6 Å². The number of amides is 1. The molecule has 0 atom stereocenters. The van der Waals surface area contributed by atoms with Crippen molar-refractivity contribution in [2.75, 3.05) is 18.5 Å². The first kappa shape index (κ1) is 18.0. The normalized spacial score (nSPS) is 18.0. The predicted octanol–water partition coefficient (Wildman–Crippen LogP) is 3.80. The summed E-state index contributed by atoms with van der Waals surface area (Å²) in [6.07, 6.45) is 3.83. The Morgan fingerprint density at radius 1 is 1.39 bits per heavy atom. The second-order valence-corrected chi connectivity index (χ2v) is 9.22. The second-order valence-electron chi connectivity index (χ2n) is 7.70. The summed E-state index contributed by atoms with van der Waals surface area (Å²) in [7, 11) is 0. The van der Waals surface area contributed by atoms with Crippen molar-refractivity contribution in [3.05, 3.63) is 45.6 Å². The lowest BCUT2D eigenvalue weighted by atomic mass is 9.77. The molecular formula is C20H21ClN4O2S. The minimum Gasteiger partial charge on any atom is -0.394 e. The van der Waals surface area contributed by atoms with Gasteiger partial charge in [-0.1, -0.05) is 29.0 Å². The van der Waals surface area contributed by atoms with Crippen LogP contribution < -0.4 is 5.32 Å². The van der Waals surface area contributed by atoms with Gasteiger partial charge in [0, 0.05) is 33.8 Å². The number of hydrogen-bond donors (Lipinski definition) is 3. The van der Waals surface area contributed by atoms with Crippen LogP contribution in [0.3, 0.4) is 0 Å². The quantitative estimate of drug-likeness (QED) is 0.604. The minimum atomic E-state index is -0.207. The highest BCUT2D eigenvalue weighted by atomic mass is 35.5. The van der Waals surface area contributed by atoms with Crippen LogP contribution in [0.4, 0.5) is 5.13 Å². The molecule has 1 saturated carbocycles. The largest absolute Gasteiger partial charge is 0.394 e. The molecular weight excluding hydrogens is 396 g/mol. The predicted molar refractivity (Wildman–Crippen MR) is 111 cm³/mol. The van der Waals surface area contributed by atoms with Gasteiger partial charge in [-0.15, -0.1) is 0 Å². The van der Waals surface area contributed by atoms with E-state index in [1.807, 2.05) is 29.2 Å². The van der Waals surface area contributed by atoms with Gasteiger partial charge in [-0.3, -0.25) is 4.79 Å². The number of carbonyl (C=O) groups excluding carboxylic acids is 1. The smallest absolute Gasteiger partial charge is 0.270 e. The average molecular weight is 417 g/mol. The maximum absolute atomic E-state index is 13.0. The number of H-pyrrole nitrogens is 1. The van der Waals surface area contributed by atoms with Crippen LogP contribution in [0.25, 0.3) is 10.9 Å². The molecule has 1 fully saturated rings. The highest BCUT2D eigenvalue weighted by Gasteiger charge is 2.37. The van der Waals surface area contributed by atoms with Gasteiger partial charge >= 0.3 is 0 Å². The molecule has 2 aromatic heterocycles. The fourth-order valence-electron chi connectivity index (χ4n) is 3.96. The number of aromatic nitrogens is 2. The second kappa shape index (κ2) is 6.76. The molecule has 0 spiro atoms. The number of halogens is 1. The number of fused-ring (bicyclic) bond motifs is 2. The summed E-state index contributed by atoms with van der Waals surface area (Å²) >= 11 is 7.64. The molecule has 2 aliphatic rings. The van der Waals surface area contributed by atoms with Crippen molar-refractivity contribution in [1.82, 2.24) is 14.9 Å². The summed E-state index contributed by atoms with van der Waals surface area (Å²) in [5, 5.41) is 15.6. The van der Waals surface area contributed by atoms with Crippen molar-refractivity contribution in [1.29, 1.82) is 0 Å². The van der Waals surface area contributed by atoms with E-state index in [2.05, 4.69) is 10.3 Å². The number of benzene rings is 1. The molecule has 1 aliphatic carbocycles. The molecule has 0 bridgehead atoms. The summed E-state index contributed by atoms with van der Waals surface area (Å²) in [5.41, 5.74) is 2.30. The third-order valence-electron chi connectivity index (χ3n) is 5.82. The lowest BCUT2D eigenvalue weighted by Crippen LogP contribution is -2.48. The van der Waals surface area contributed by atoms with Gasteiger partial charge in [0.05, 0.1) is 24.4 Å². The van der Waals surface area contributed by atoms with Gasteiger partial charge in [-0.05, 0) is 37.5 Å². The number of nitrogens with zero attached hydrogens (tertiary/aromatic N) is 2. The number of aliphatic hydroxyl groups excluding tert-OH is 1. The van der Waals surface area contributed by atoms with Crippen LogP contribution in [-0.2, 0) is 13.0 Å². The molecule has 3 N–H and O–H groups in total. The van der Waals surface area contributed by atoms with Crippen molar-refractivity contribution < 1.29 is 9.90 Å². The van der Waals surface area contributed by atoms with Crippen LogP contribution in [0, 0.1) is 0 Å². The molecule has 1 aliphatic heterocycles. The van der Waals surface area contributed by atoms with E-state index in [0.29, 0.717) is 23.8 Å². The first-order valence-corrected chi connectivity index (χ1v) is 10.7. The Hall–Kier alpha value is -2.09.